The maximum absolute atomic E-state index is 14.0. The molecule has 1 aromatic carbocycles. The summed E-state index contributed by atoms with van der Waals surface area (Å²) in [6.07, 6.45) is 3.22. The summed E-state index contributed by atoms with van der Waals surface area (Å²) in [6.45, 7) is 7.11. The third-order valence-electron chi connectivity index (χ3n) is 6.82. The summed E-state index contributed by atoms with van der Waals surface area (Å²) in [7, 11) is -2.05. The fraction of sp³-hybridized carbons (Fsp3) is 0.636. The van der Waals surface area contributed by atoms with Crippen LogP contribution in [-0.2, 0) is 20.6 Å². The van der Waals surface area contributed by atoms with Crippen molar-refractivity contribution in [1.29, 1.82) is 0 Å². The standard InChI is InChI=1S/C22H31F2N3O3S/c1-12-7-13-8-14(11-22(4,10-13)19(25)28)18(12)26-20(29)21(2,3)27-31(30)17-6-5-15(23)9-16(17)24/h5-6,9,12-14,18,27H,7-8,10-11H2,1-4H3,(H2,25,28)(H,26,29). The van der Waals surface area contributed by atoms with Crippen molar-refractivity contribution in [3.8, 4) is 0 Å². The zero-order valence-electron chi connectivity index (χ0n) is 18.3. The summed E-state index contributed by atoms with van der Waals surface area (Å²) in [5.74, 6) is -1.64. The smallest absolute Gasteiger partial charge is 0.240 e. The van der Waals surface area contributed by atoms with Crippen molar-refractivity contribution in [2.45, 2.75) is 69.9 Å². The van der Waals surface area contributed by atoms with Gasteiger partial charge in [-0.15, -0.1) is 0 Å². The number of rotatable bonds is 6. The van der Waals surface area contributed by atoms with Gasteiger partial charge in [-0.2, -0.15) is 0 Å². The number of halogens is 2. The molecule has 0 spiro atoms. The molecule has 2 saturated carbocycles. The van der Waals surface area contributed by atoms with Gasteiger partial charge in [0.2, 0.25) is 11.8 Å². The van der Waals surface area contributed by atoms with Gasteiger partial charge < -0.3 is 11.1 Å². The highest BCUT2D eigenvalue weighted by Gasteiger charge is 2.49. The van der Waals surface area contributed by atoms with Crippen LogP contribution in [0.15, 0.2) is 23.1 Å². The second-order valence-electron chi connectivity index (χ2n) is 9.98. The normalized spacial score (nSPS) is 31.7. The van der Waals surface area contributed by atoms with Crippen LogP contribution in [0.5, 0.6) is 0 Å². The predicted octanol–water partition coefficient (Wildman–Crippen LogP) is 2.79. The van der Waals surface area contributed by atoms with E-state index >= 15 is 0 Å². The number of nitrogens with two attached hydrogens (primary N) is 1. The Morgan fingerprint density at radius 3 is 2.52 bits per heavy atom. The minimum atomic E-state index is -2.05. The SMILES string of the molecule is CC1CC2CC(CC(C)(C(N)=O)C2)C1NC(=O)C(C)(C)NS(=O)c1ccc(F)cc1F. The summed E-state index contributed by atoms with van der Waals surface area (Å²) >= 11 is 0. The molecule has 2 fully saturated rings. The average Bonchev–Trinajstić information content (AvgIpc) is 2.63. The molecule has 172 valence electrons. The topological polar surface area (TPSA) is 101 Å². The number of carbonyl (C=O) groups is 2. The van der Waals surface area contributed by atoms with Crippen molar-refractivity contribution in [3.63, 3.8) is 0 Å². The monoisotopic (exact) mass is 455 g/mol. The van der Waals surface area contributed by atoms with Crippen LogP contribution in [0.25, 0.3) is 0 Å². The molecule has 6 unspecified atom stereocenters. The van der Waals surface area contributed by atoms with Crippen LogP contribution >= 0.6 is 0 Å². The van der Waals surface area contributed by atoms with Crippen LogP contribution in [0.2, 0.25) is 0 Å². The molecular formula is C22H31F2N3O3S. The van der Waals surface area contributed by atoms with Crippen molar-refractivity contribution < 1.29 is 22.6 Å². The van der Waals surface area contributed by atoms with Crippen LogP contribution in [0, 0.1) is 34.8 Å². The zero-order chi connectivity index (χ0) is 23.1. The highest BCUT2D eigenvalue weighted by atomic mass is 32.2. The van der Waals surface area contributed by atoms with E-state index in [-0.39, 0.29) is 34.6 Å². The number of amides is 2. The molecular weight excluding hydrogens is 424 g/mol. The lowest BCUT2D eigenvalue weighted by Crippen LogP contribution is -2.60. The Morgan fingerprint density at radius 1 is 1.23 bits per heavy atom. The Labute approximate surface area is 184 Å². The molecule has 1 aromatic rings. The third kappa shape index (κ3) is 4.98. The van der Waals surface area contributed by atoms with Gasteiger partial charge in [-0.25, -0.2) is 17.7 Å². The summed E-state index contributed by atoms with van der Waals surface area (Å²) in [5.41, 5.74) is 3.81. The van der Waals surface area contributed by atoms with Crippen LogP contribution in [0.4, 0.5) is 8.78 Å². The summed E-state index contributed by atoms with van der Waals surface area (Å²) < 4.78 is 42.3. The van der Waals surface area contributed by atoms with Gasteiger partial charge in [0.15, 0.2) is 0 Å². The van der Waals surface area contributed by atoms with Crippen LogP contribution in [-0.4, -0.2) is 27.6 Å². The minimum Gasteiger partial charge on any atom is -0.369 e. The van der Waals surface area contributed by atoms with Gasteiger partial charge in [-0.1, -0.05) is 13.8 Å². The number of carbonyl (C=O) groups excluding carboxylic acids is 2. The number of primary amides is 1. The molecule has 0 radical (unpaired) electrons. The molecule has 6 nitrogen and oxygen atoms in total. The summed E-state index contributed by atoms with van der Waals surface area (Å²) in [4.78, 5) is 24.9. The van der Waals surface area contributed by atoms with E-state index in [9.17, 15) is 22.6 Å². The van der Waals surface area contributed by atoms with Crippen molar-refractivity contribution in [3.05, 3.63) is 29.8 Å². The molecule has 9 heteroatoms. The van der Waals surface area contributed by atoms with E-state index < -0.39 is 33.6 Å². The molecule has 0 aromatic heterocycles. The maximum Gasteiger partial charge on any atom is 0.240 e. The average molecular weight is 456 g/mol. The lowest BCUT2D eigenvalue weighted by Gasteiger charge is -2.50. The molecule has 2 bridgehead atoms. The van der Waals surface area contributed by atoms with Gasteiger partial charge in [0, 0.05) is 17.5 Å². The molecule has 31 heavy (non-hydrogen) atoms. The van der Waals surface area contributed by atoms with Gasteiger partial charge >= 0.3 is 0 Å². The first-order valence-corrected chi connectivity index (χ1v) is 11.7. The molecule has 0 aliphatic heterocycles. The van der Waals surface area contributed by atoms with Crippen molar-refractivity contribution >= 4 is 22.8 Å². The van der Waals surface area contributed by atoms with Crippen molar-refractivity contribution in [1.82, 2.24) is 10.0 Å². The first-order chi connectivity index (χ1) is 14.3. The second kappa shape index (κ2) is 8.58. The molecule has 2 aliphatic carbocycles. The first kappa shape index (κ1) is 23.8. The Bertz CT molecular complexity index is 908. The van der Waals surface area contributed by atoms with Gasteiger partial charge in [-0.3, -0.25) is 9.59 Å². The Balaban J connectivity index is 1.71. The quantitative estimate of drug-likeness (QED) is 0.615. The maximum atomic E-state index is 14.0. The molecule has 6 atom stereocenters. The fourth-order valence-corrected chi connectivity index (χ4v) is 6.33. The molecule has 0 saturated heterocycles. The number of hydrogen-bond acceptors (Lipinski definition) is 3. The van der Waals surface area contributed by atoms with E-state index in [1.165, 1.54) is 0 Å². The highest BCUT2D eigenvalue weighted by molar-refractivity contribution is 7.83. The number of nitrogens with one attached hydrogen (secondary N) is 2. The fourth-order valence-electron chi connectivity index (χ4n) is 5.24. The third-order valence-corrected chi connectivity index (χ3v) is 8.24. The van der Waals surface area contributed by atoms with E-state index in [0.29, 0.717) is 18.4 Å². The van der Waals surface area contributed by atoms with E-state index in [1.54, 1.807) is 13.8 Å². The van der Waals surface area contributed by atoms with Gasteiger partial charge in [0.1, 0.15) is 28.2 Å². The Morgan fingerprint density at radius 2 is 1.90 bits per heavy atom. The first-order valence-electron chi connectivity index (χ1n) is 10.6. The van der Waals surface area contributed by atoms with Crippen molar-refractivity contribution in [2.24, 2.45) is 28.9 Å². The molecule has 2 aliphatic rings. The van der Waals surface area contributed by atoms with Crippen LogP contribution < -0.4 is 15.8 Å². The van der Waals surface area contributed by atoms with Gasteiger partial charge in [0.25, 0.3) is 0 Å². The van der Waals surface area contributed by atoms with Gasteiger partial charge in [-0.05, 0) is 69.4 Å². The number of fused-ring (bicyclic) bond motifs is 2. The molecule has 3 rings (SSSR count). The Hall–Kier alpha value is -1.87. The molecule has 4 N–H and O–H groups in total. The number of hydrogen-bond donors (Lipinski definition) is 3. The van der Waals surface area contributed by atoms with Crippen molar-refractivity contribution in [2.75, 3.05) is 0 Å². The van der Waals surface area contributed by atoms with E-state index in [0.717, 1.165) is 31.4 Å². The van der Waals surface area contributed by atoms with E-state index in [1.807, 2.05) is 6.92 Å². The summed E-state index contributed by atoms with van der Waals surface area (Å²) in [6, 6.07) is 2.63. The minimum absolute atomic E-state index is 0.125. The van der Waals surface area contributed by atoms with Crippen LogP contribution in [0.1, 0.15) is 53.4 Å². The van der Waals surface area contributed by atoms with Gasteiger partial charge in [0.05, 0.1) is 4.90 Å². The highest BCUT2D eigenvalue weighted by Crippen LogP contribution is 2.50. The molecule has 2 amide bonds. The molecule has 0 heterocycles. The summed E-state index contributed by atoms with van der Waals surface area (Å²) in [5, 5.41) is 3.08. The lowest BCUT2D eigenvalue weighted by atomic mass is 9.57. The lowest BCUT2D eigenvalue weighted by molar-refractivity contribution is -0.134. The largest absolute Gasteiger partial charge is 0.369 e. The van der Waals surface area contributed by atoms with E-state index in [2.05, 4.69) is 17.0 Å². The zero-order valence-corrected chi connectivity index (χ0v) is 19.2. The second-order valence-corrected chi connectivity index (χ2v) is 11.2. The predicted molar refractivity (Wildman–Crippen MR) is 114 cm³/mol. The van der Waals surface area contributed by atoms with E-state index in [4.69, 9.17) is 5.73 Å². The van der Waals surface area contributed by atoms with Crippen LogP contribution in [0.3, 0.4) is 0 Å². The number of benzene rings is 1. The Kier molecular flexibility index (Phi) is 6.58.